The molecule has 0 bridgehead atoms. The van der Waals surface area contributed by atoms with Crippen molar-refractivity contribution in [3.8, 4) is 22.8 Å². The number of oxazole rings is 1. The van der Waals surface area contributed by atoms with E-state index < -0.39 is 4.92 Å². The highest BCUT2D eigenvalue weighted by Gasteiger charge is 2.16. The third-order valence-electron chi connectivity index (χ3n) is 6.06. The fraction of sp³-hybridized carbons (Fsp3) is 0.103. The van der Waals surface area contributed by atoms with Crippen LogP contribution in [0.5, 0.6) is 0 Å². The van der Waals surface area contributed by atoms with Gasteiger partial charge in [-0.1, -0.05) is 24.3 Å². The van der Waals surface area contributed by atoms with E-state index >= 15 is 0 Å². The van der Waals surface area contributed by atoms with E-state index in [0.29, 0.717) is 29.5 Å². The van der Waals surface area contributed by atoms with Gasteiger partial charge in [0.05, 0.1) is 10.5 Å². The number of nitrogens with one attached hydrogen (secondary N) is 1. The molecule has 1 N–H and O–H groups in total. The SMILES string of the molecule is Cc1cc2nc(-c3ccc(CNC(=O)/C=C/c4ccc(-c5ccccc5[N+](=O)[O-])o4)cc3)oc2cc1C. The quantitative estimate of drug-likeness (QED) is 0.155. The van der Waals surface area contributed by atoms with Crippen LogP contribution in [0.4, 0.5) is 5.69 Å². The lowest BCUT2D eigenvalue weighted by molar-refractivity contribution is -0.384. The number of aromatic nitrogens is 1. The summed E-state index contributed by atoms with van der Waals surface area (Å²) in [6.45, 7) is 4.43. The number of para-hydroxylation sites is 1. The summed E-state index contributed by atoms with van der Waals surface area (Å²) in [6.07, 6.45) is 2.88. The summed E-state index contributed by atoms with van der Waals surface area (Å²) in [5.41, 5.74) is 6.02. The molecule has 3 aromatic carbocycles. The molecule has 184 valence electrons. The molecule has 0 fully saturated rings. The van der Waals surface area contributed by atoms with Crippen LogP contribution >= 0.6 is 0 Å². The van der Waals surface area contributed by atoms with E-state index in [2.05, 4.69) is 10.3 Å². The van der Waals surface area contributed by atoms with E-state index in [4.69, 9.17) is 8.83 Å². The maximum atomic E-state index is 12.3. The molecule has 1 amide bonds. The number of amides is 1. The number of aryl methyl sites for hydroxylation is 2. The van der Waals surface area contributed by atoms with Crippen LogP contribution in [0.3, 0.4) is 0 Å². The largest absolute Gasteiger partial charge is 0.456 e. The Balaban J connectivity index is 1.20. The van der Waals surface area contributed by atoms with Crippen molar-refractivity contribution in [2.45, 2.75) is 20.4 Å². The summed E-state index contributed by atoms with van der Waals surface area (Å²) in [4.78, 5) is 27.7. The fourth-order valence-corrected chi connectivity index (χ4v) is 3.90. The third-order valence-corrected chi connectivity index (χ3v) is 6.06. The van der Waals surface area contributed by atoms with Crippen LogP contribution in [0.1, 0.15) is 22.5 Å². The second-order valence-electron chi connectivity index (χ2n) is 8.65. The van der Waals surface area contributed by atoms with Gasteiger partial charge in [0.25, 0.3) is 5.69 Å². The maximum absolute atomic E-state index is 12.3. The second kappa shape index (κ2) is 9.94. The average Bonchev–Trinajstić information content (AvgIpc) is 3.54. The lowest BCUT2D eigenvalue weighted by Crippen LogP contribution is -2.20. The number of rotatable bonds is 7. The van der Waals surface area contributed by atoms with Gasteiger partial charge < -0.3 is 14.2 Å². The van der Waals surface area contributed by atoms with Crippen molar-refractivity contribution < 1.29 is 18.6 Å². The van der Waals surface area contributed by atoms with Crippen LogP contribution in [0, 0.1) is 24.0 Å². The van der Waals surface area contributed by atoms with Crippen molar-refractivity contribution in [1.29, 1.82) is 0 Å². The summed E-state index contributed by atoms with van der Waals surface area (Å²) < 4.78 is 11.6. The Kier molecular flexibility index (Phi) is 6.38. The lowest BCUT2D eigenvalue weighted by atomic mass is 10.1. The molecule has 0 radical (unpaired) electrons. The average molecular weight is 494 g/mol. The Bertz CT molecular complexity index is 1610. The minimum absolute atomic E-state index is 0.0440. The molecule has 0 aliphatic rings. The molecule has 2 aromatic heterocycles. The lowest BCUT2D eigenvalue weighted by Gasteiger charge is -2.03. The van der Waals surface area contributed by atoms with Gasteiger partial charge in [0.15, 0.2) is 5.58 Å². The topological polar surface area (TPSA) is 111 Å². The molecule has 0 spiro atoms. The zero-order valence-electron chi connectivity index (χ0n) is 20.2. The zero-order valence-corrected chi connectivity index (χ0v) is 20.2. The molecule has 37 heavy (non-hydrogen) atoms. The minimum Gasteiger partial charge on any atom is -0.456 e. The van der Waals surface area contributed by atoms with Crippen LogP contribution in [-0.2, 0) is 11.3 Å². The summed E-state index contributed by atoms with van der Waals surface area (Å²) >= 11 is 0. The van der Waals surface area contributed by atoms with Crippen molar-refractivity contribution in [2.24, 2.45) is 0 Å². The first-order valence-corrected chi connectivity index (χ1v) is 11.6. The smallest absolute Gasteiger partial charge is 0.280 e. The predicted molar refractivity (Wildman–Crippen MR) is 141 cm³/mol. The number of hydrogen-bond donors (Lipinski definition) is 1. The van der Waals surface area contributed by atoms with E-state index in [0.717, 1.165) is 27.8 Å². The van der Waals surface area contributed by atoms with Gasteiger partial charge in [0, 0.05) is 24.3 Å². The monoisotopic (exact) mass is 493 g/mol. The first-order valence-electron chi connectivity index (χ1n) is 11.6. The Morgan fingerprint density at radius 1 is 1.00 bits per heavy atom. The number of benzene rings is 3. The first-order chi connectivity index (χ1) is 17.9. The Hall–Kier alpha value is -4.98. The highest BCUT2D eigenvalue weighted by Crippen LogP contribution is 2.31. The number of carbonyl (C=O) groups is 1. The Morgan fingerprint density at radius 2 is 1.76 bits per heavy atom. The number of carbonyl (C=O) groups excluding carboxylic acids is 1. The molecule has 0 aliphatic carbocycles. The first kappa shape index (κ1) is 23.7. The van der Waals surface area contributed by atoms with Crippen molar-refractivity contribution in [1.82, 2.24) is 10.3 Å². The number of nitro benzene ring substituents is 1. The van der Waals surface area contributed by atoms with Crippen LogP contribution in [0.25, 0.3) is 40.0 Å². The van der Waals surface area contributed by atoms with Crippen molar-refractivity contribution in [2.75, 3.05) is 0 Å². The van der Waals surface area contributed by atoms with Crippen molar-refractivity contribution >= 4 is 28.8 Å². The van der Waals surface area contributed by atoms with Crippen LogP contribution in [0.2, 0.25) is 0 Å². The van der Waals surface area contributed by atoms with Crippen LogP contribution < -0.4 is 5.32 Å². The van der Waals surface area contributed by atoms with Gasteiger partial charge in [0.2, 0.25) is 11.8 Å². The fourth-order valence-electron chi connectivity index (χ4n) is 3.90. The van der Waals surface area contributed by atoms with Gasteiger partial charge in [-0.25, -0.2) is 4.98 Å². The summed E-state index contributed by atoms with van der Waals surface area (Å²) in [7, 11) is 0. The highest BCUT2D eigenvalue weighted by atomic mass is 16.6. The third kappa shape index (κ3) is 5.18. The van der Waals surface area contributed by atoms with E-state index in [1.54, 1.807) is 30.3 Å². The normalized spacial score (nSPS) is 11.3. The molecule has 5 rings (SSSR count). The molecule has 0 unspecified atom stereocenters. The van der Waals surface area contributed by atoms with E-state index in [1.807, 2.05) is 50.2 Å². The van der Waals surface area contributed by atoms with Crippen molar-refractivity contribution in [3.63, 3.8) is 0 Å². The molecule has 2 heterocycles. The molecule has 8 heteroatoms. The van der Waals surface area contributed by atoms with Gasteiger partial charge in [-0.15, -0.1) is 0 Å². The van der Waals surface area contributed by atoms with Crippen LogP contribution in [-0.4, -0.2) is 15.8 Å². The van der Waals surface area contributed by atoms with Gasteiger partial charge in [-0.2, -0.15) is 0 Å². The molecule has 8 nitrogen and oxygen atoms in total. The number of nitrogens with zero attached hydrogens (tertiary/aromatic N) is 2. The summed E-state index contributed by atoms with van der Waals surface area (Å²) in [5, 5.41) is 14.1. The van der Waals surface area contributed by atoms with Crippen molar-refractivity contribution in [3.05, 3.63) is 111 Å². The zero-order chi connectivity index (χ0) is 25.9. The molecule has 0 saturated carbocycles. The van der Waals surface area contributed by atoms with E-state index in [-0.39, 0.29) is 11.6 Å². The molecular formula is C29H23N3O5. The Morgan fingerprint density at radius 3 is 2.54 bits per heavy atom. The standard InChI is InChI=1S/C29H23N3O5/c1-18-15-24-27(16-19(18)2)37-29(31-24)21-9-7-20(8-10-21)17-30-28(33)14-12-22-11-13-26(36-22)23-5-3-4-6-25(23)32(34)35/h3-16H,17H2,1-2H3,(H,30,33)/b14-12+. The van der Waals surface area contributed by atoms with Gasteiger partial charge in [0.1, 0.15) is 17.0 Å². The maximum Gasteiger partial charge on any atom is 0.280 e. The van der Waals surface area contributed by atoms with E-state index in [9.17, 15) is 14.9 Å². The Labute approximate surface area is 212 Å². The predicted octanol–water partition coefficient (Wildman–Crippen LogP) is 6.61. The summed E-state index contributed by atoms with van der Waals surface area (Å²) in [6, 6.07) is 21.3. The van der Waals surface area contributed by atoms with E-state index in [1.165, 1.54) is 23.8 Å². The second-order valence-corrected chi connectivity index (χ2v) is 8.65. The van der Waals surface area contributed by atoms with Gasteiger partial charge in [-0.3, -0.25) is 14.9 Å². The molecule has 5 aromatic rings. The number of hydrogen-bond acceptors (Lipinski definition) is 6. The summed E-state index contributed by atoms with van der Waals surface area (Å²) in [5.74, 6) is 1.03. The highest BCUT2D eigenvalue weighted by molar-refractivity contribution is 5.91. The molecule has 0 atom stereocenters. The molecular weight excluding hydrogens is 470 g/mol. The van der Waals surface area contributed by atoms with Gasteiger partial charge in [-0.05, 0) is 79.1 Å². The number of furan rings is 1. The minimum atomic E-state index is -0.456. The number of fused-ring (bicyclic) bond motifs is 1. The number of nitro groups is 1. The van der Waals surface area contributed by atoms with Gasteiger partial charge >= 0.3 is 0 Å². The van der Waals surface area contributed by atoms with Crippen LogP contribution in [0.15, 0.2) is 87.7 Å². The molecule has 0 aliphatic heterocycles. The molecule has 0 saturated heterocycles.